The number of benzene rings is 2. The minimum absolute atomic E-state index is 0.559. The van der Waals surface area contributed by atoms with Crippen LogP contribution in [0.3, 0.4) is 0 Å². The van der Waals surface area contributed by atoms with Crippen LogP contribution in [-0.4, -0.2) is 57.8 Å². The minimum Gasteiger partial charge on any atom is -0.493 e. The Morgan fingerprint density at radius 2 is 1.75 bits per heavy atom. The van der Waals surface area contributed by atoms with Crippen LogP contribution in [0.5, 0.6) is 17.2 Å². The molecule has 2 aromatic carbocycles. The molecule has 0 aliphatic rings. The first kappa shape index (κ1) is 17.9. The van der Waals surface area contributed by atoms with Gasteiger partial charge in [0.15, 0.2) is 11.5 Å². The summed E-state index contributed by atoms with van der Waals surface area (Å²) < 4.78 is 16.3. The Bertz CT molecular complexity index is 741. The number of methoxy groups -OCH3 is 3. The topological polar surface area (TPSA) is 63.5 Å². The highest BCUT2D eigenvalue weighted by Gasteiger charge is 2.17. The smallest absolute Gasteiger partial charge is 0.203 e. The normalized spacial score (nSPS) is 11.8. The Labute approximate surface area is 142 Å². The highest BCUT2D eigenvalue weighted by atomic mass is 16.5. The summed E-state index contributed by atoms with van der Waals surface area (Å²) in [7, 11) is 8.74. The lowest BCUT2D eigenvalue weighted by Crippen LogP contribution is -2.17. The van der Waals surface area contributed by atoms with Crippen molar-refractivity contribution in [3.63, 3.8) is 0 Å². The zero-order valence-corrected chi connectivity index (χ0v) is 14.8. The Hall–Kier alpha value is -2.47. The van der Waals surface area contributed by atoms with E-state index >= 15 is 0 Å². The van der Waals surface area contributed by atoms with Gasteiger partial charge in [0.2, 0.25) is 5.75 Å². The average Bonchev–Trinajstić information content (AvgIpc) is 2.59. The molecule has 0 heterocycles. The number of fused-ring (bicyclic) bond motifs is 1. The molecule has 0 amide bonds. The SMILES string of the molecule is COc1cc2cc(/C(CCN(C)C)=N/O)ccc2c(OC)c1OC. The molecule has 0 saturated heterocycles. The van der Waals surface area contributed by atoms with Crippen LogP contribution in [-0.2, 0) is 0 Å². The molecule has 0 spiro atoms. The predicted octanol–water partition coefficient (Wildman–Crippen LogP) is 3.00. The molecule has 24 heavy (non-hydrogen) atoms. The Morgan fingerprint density at radius 3 is 2.29 bits per heavy atom. The number of nitrogens with zero attached hydrogens (tertiary/aromatic N) is 2. The molecule has 2 aromatic rings. The molecule has 0 aliphatic heterocycles. The van der Waals surface area contributed by atoms with Crippen molar-refractivity contribution in [3.05, 3.63) is 29.8 Å². The van der Waals surface area contributed by atoms with E-state index in [1.807, 2.05) is 43.3 Å². The Morgan fingerprint density at radius 1 is 1.04 bits per heavy atom. The summed E-state index contributed by atoms with van der Waals surface area (Å²) in [4.78, 5) is 2.04. The van der Waals surface area contributed by atoms with Gasteiger partial charge in [-0.1, -0.05) is 11.2 Å². The van der Waals surface area contributed by atoms with Crippen molar-refractivity contribution in [2.45, 2.75) is 6.42 Å². The first-order valence-corrected chi connectivity index (χ1v) is 7.64. The molecule has 6 nitrogen and oxygen atoms in total. The maximum atomic E-state index is 9.35. The summed E-state index contributed by atoms with van der Waals surface area (Å²) >= 11 is 0. The van der Waals surface area contributed by atoms with E-state index in [1.165, 1.54) is 0 Å². The van der Waals surface area contributed by atoms with Crippen LogP contribution in [0.1, 0.15) is 12.0 Å². The van der Waals surface area contributed by atoms with Gasteiger partial charge in [-0.25, -0.2) is 0 Å². The van der Waals surface area contributed by atoms with Gasteiger partial charge in [0, 0.05) is 18.4 Å². The van der Waals surface area contributed by atoms with Gasteiger partial charge in [0.05, 0.1) is 27.0 Å². The van der Waals surface area contributed by atoms with Crippen LogP contribution in [0.15, 0.2) is 29.4 Å². The van der Waals surface area contributed by atoms with E-state index in [9.17, 15) is 5.21 Å². The molecule has 6 heteroatoms. The molecule has 130 valence electrons. The third-order valence-electron chi connectivity index (χ3n) is 3.89. The second kappa shape index (κ2) is 7.88. The fourth-order valence-corrected chi connectivity index (χ4v) is 2.64. The molecule has 0 bridgehead atoms. The molecule has 0 saturated carbocycles. The number of ether oxygens (including phenoxy) is 3. The lowest BCUT2D eigenvalue weighted by atomic mass is 10.0. The van der Waals surface area contributed by atoms with Crippen LogP contribution in [0.25, 0.3) is 10.8 Å². The van der Waals surface area contributed by atoms with Gasteiger partial charge in [-0.3, -0.25) is 0 Å². The van der Waals surface area contributed by atoms with Crippen molar-refractivity contribution >= 4 is 16.5 Å². The first-order chi connectivity index (χ1) is 11.5. The summed E-state index contributed by atoms with van der Waals surface area (Å²) in [5.41, 5.74) is 1.50. The van der Waals surface area contributed by atoms with Crippen molar-refractivity contribution in [3.8, 4) is 17.2 Å². The third-order valence-corrected chi connectivity index (χ3v) is 3.89. The largest absolute Gasteiger partial charge is 0.493 e. The van der Waals surface area contributed by atoms with Gasteiger partial charge in [-0.2, -0.15) is 0 Å². The molecule has 0 unspecified atom stereocenters. The summed E-state index contributed by atoms with van der Waals surface area (Å²) in [5, 5.41) is 14.6. The van der Waals surface area contributed by atoms with E-state index in [0.717, 1.165) is 22.9 Å². The average molecular weight is 332 g/mol. The van der Waals surface area contributed by atoms with Gasteiger partial charge in [-0.05, 0) is 43.2 Å². The maximum absolute atomic E-state index is 9.35. The van der Waals surface area contributed by atoms with Crippen molar-refractivity contribution in [1.29, 1.82) is 0 Å². The summed E-state index contributed by atoms with van der Waals surface area (Å²) in [6.45, 7) is 0.798. The Balaban J connectivity index is 2.54. The molecule has 0 fully saturated rings. The maximum Gasteiger partial charge on any atom is 0.203 e. The number of hydrogen-bond donors (Lipinski definition) is 1. The number of rotatable bonds is 7. The van der Waals surface area contributed by atoms with Gasteiger partial charge >= 0.3 is 0 Å². The fourth-order valence-electron chi connectivity index (χ4n) is 2.64. The lowest BCUT2D eigenvalue weighted by Gasteiger charge is -2.16. The highest BCUT2D eigenvalue weighted by Crippen LogP contribution is 2.43. The molecular formula is C18H24N2O4. The third kappa shape index (κ3) is 3.54. The second-order valence-corrected chi connectivity index (χ2v) is 5.68. The quantitative estimate of drug-likeness (QED) is 0.480. The van der Waals surface area contributed by atoms with E-state index in [4.69, 9.17) is 14.2 Å². The monoisotopic (exact) mass is 332 g/mol. The van der Waals surface area contributed by atoms with E-state index in [1.54, 1.807) is 21.3 Å². The lowest BCUT2D eigenvalue weighted by molar-refractivity contribution is 0.316. The van der Waals surface area contributed by atoms with Crippen molar-refractivity contribution < 1.29 is 19.4 Å². The molecule has 0 radical (unpaired) electrons. The van der Waals surface area contributed by atoms with Gasteiger partial charge < -0.3 is 24.3 Å². The van der Waals surface area contributed by atoms with Crippen molar-refractivity contribution in [2.75, 3.05) is 42.0 Å². The minimum atomic E-state index is 0.559. The number of oxime groups is 1. The molecule has 0 atom stereocenters. The van der Waals surface area contributed by atoms with Gasteiger partial charge in [0.25, 0.3) is 0 Å². The fraction of sp³-hybridized carbons (Fsp3) is 0.389. The van der Waals surface area contributed by atoms with Gasteiger partial charge in [0.1, 0.15) is 0 Å². The molecular weight excluding hydrogens is 308 g/mol. The van der Waals surface area contributed by atoms with Crippen molar-refractivity contribution in [1.82, 2.24) is 4.90 Å². The number of hydrogen-bond acceptors (Lipinski definition) is 6. The summed E-state index contributed by atoms with van der Waals surface area (Å²) in [6, 6.07) is 7.71. The molecule has 1 N–H and O–H groups in total. The predicted molar refractivity (Wildman–Crippen MR) is 95.1 cm³/mol. The highest BCUT2D eigenvalue weighted by molar-refractivity contribution is 6.04. The second-order valence-electron chi connectivity index (χ2n) is 5.68. The van der Waals surface area contributed by atoms with Crippen LogP contribution >= 0.6 is 0 Å². The molecule has 0 aromatic heterocycles. The molecule has 0 aliphatic carbocycles. The van der Waals surface area contributed by atoms with E-state index in [0.29, 0.717) is 29.4 Å². The summed E-state index contributed by atoms with van der Waals surface area (Å²) in [6.07, 6.45) is 0.652. The van der Waals surface area contributed by atoms with E-state index in [2.05, 4.69) is 5.16 Å². The van der Waals surface area contributed by atoms with Crippen molar-refractivity contribution in [2.24, 2.45) is 5.16 Å². The zero-order chi connectivity index (χ0) is 17.7. The van der Waals surface area contributed by atoms with E-state index in [-0.39, 0.29) is 0 Å². The zero-order valence-electron chi connectivity index (χ0n) is 14.8. The Kier molecular flexibility index (Phi) is 5.87. The van der Waals surface area contributed by atoms with Crippen LogP contribution in [0.4, 0.5) is 0 Å². The van der Waals surface area contributed by atoms with Crippen LogP contribution < -0.4 is 14.2 Å². The standard InChI is InChI=1S/C18H24N2O4/c1-20(2)9-8-15(19-21)12-6-7-14-13(10-12)11-16(22-3)18(24-5)17(14)23-4/h6-7,10-11,21H,8-9H2,1-5H3/b19-15+. The first-order valence-electron chi connectivity index (χ1n) is 7.64. The summed E-state index contributed by atoms with van der Waals surface area (Å²) in [5.74, 6) is 1.77. The molecule has 2 rings (SSSR count). The van der Waals surface area contributed by atoms with E-state index < -0.39 is 0 Å². The van der Waals surface area contributed by atoms with Crippen LogP contribution in [0.2, 0.25) is 0 Å². The van der Waals surface area contributed by atoms with Crippen LogP contribution in [0, 0.1) is 0 Å². The van der Waals surface area contributed by atoms with Gasteiger partial charge in [-0.15, -0.1) is 0 Å².